The van der Waals surface area contributed by atoms with E-state index in [1.54, 1.807) is 19.1 Å². The fourth-order valence-corrected chi connectivity index (χ4v) is 9.73. The number of fused-ring (bicyclic) bond motifs is 5. The van der Waals surface area contributed by atoms with Gasteiger partial charge in [-0.15, -0.1) is 0 Å². The van der Waals surface area contributed by atoms with Crippen molar-refractivity contribution in [2.45, 2.75) is 99.7 Å². The van der Waals surface area contributed by atoms with E-state index in [9.17, 15) is 40.8 Å². The maximum Gasteiger partial charge on any atom is 0.437 e. The topological polar surface area (TPSA) is 183 Å². The van der Waals surface area contributed by atoms with Gasteiger partial charge in [-0.25, -0.2) is 22.5 Å². The molecule has 0 radical (unpaired) electrons. The van der Waals surface area contributed by atoms with Crippen LogP contribution in [0.5, 0.6) is 11.5 Å². The van der Waals surface area contributed by atoms with Crippen LogP contribution >= 0.6 is 0 Å². The third-order valence-electron chi connectivity index (χ3n) is 12.0. The Bertz CT molecular complexity index is 2160. The molecule has 5 atom stereocenters. The van der Waals surface area contributed by atoms with E-state index in [0.29, 0.717) is 36.8 Å². The number of nitrogens with one attached hydrogen (secondary N) is 2. The van der Waals surface area contributed by atoms with Gasteiger partial charge in [-0.3, -0.25) is 14.4 Å². The number of sulfonamides is 1. The number of hydrogen-bond donors (Lipinski definition) is 2. The van der Waals surface area contributed by atoms with Gasteiger partial charge in [0.1, 0.15) is 29.0 Å². The molecule has 308 valence electrons. The van der Waals surface area contributed by atoms with Crippen molar-refractivity contribution in [3.8, 4) is 11.5 Å². The van der Waals surface area contributed by atoms with Crippen LogP contribution in [0, 0.1) is 5.92 Å². The van der Waals surface area contributed by atoms with E-state index in [2.05, 4.69) is 15.6 Å². The maximum atomic E-state index is 14.7. The van der Waals surface area contributed by atoms with E-state index < -0.39 is 86.2 Å². The number of halogens is 3. The Morgan fingerprint density at radius 2 is 1.91 bits per heavy atom. The lowest BCUT2D eigenvalue weighted by atomic mass is 9.87. The van der Waals surface area contributed by atoms with Crippen LogP contribution in [0.15, 0.2) is 30.4 Å². The second-order valence-electron chi connectivity index (χ2n) is 16.2. The molecule has 5 unspecified atom stereocenters. The van der Waals surface area contributed by atoms with Crippen LogP contribution in [0.3, 0.4) is 0 Å². The Morgan fingerprint density at radius 3 is 2.58 bits per heavy atom. The third-order valence-corrected chi connectivity index (χ3v) is 13.7. The molecular formula is C38H44F3N5O10S. The average Bonchev–Trinajstić information content (AvgIpc) is 3.72. The molecule has 15 nitrogen and oxygen atoms in total. The normalized spacial score (nSPS) is 30.6. The van der Waals surface area contributed by atoms with E-state index in [0.717, 1.165) is 4.31 Å². The summed E-state index contributed by atoms with van der Waals surface area (Å²) in [5.74, 6) is -3.12. The molecule has 1 spiro atoms. The fraction of sp³-hybridized carbons (Fsp3) is 0.605. The van der Waals surface area contributed by atoms with Crippen molar-refractivity contribution in [1.29, 1.82) is 0 Å². The Hall–Kier alpha value is -4.65. The first-order chi connectivity index (χ1) is 27.0. The van der Waals surface area contributed by atoms with Crippen LogP contribution in [-0.2, 0) is 46.5 Å². The number of ether oxygens (including phenoxy) is 4. The van der Waals surface area contributed by atoms with E-state index in [1.807, 2.05) is 6.08 Å². The lowest BCUT2D eigenvalue weighted by molar-refractivity contribution is -0.167. The number of alkyl carbamates (subject to hydrolysis) is 1. The van der Waals surface area contributed by atoms with Crippen molar-refractivity contribution in [1.82, 2.24) is 24.8 Å². The SMILES string of the molecule is COc1ccc2nc(C(F)(F)F)c3c(c2c1)CCC1(CC2C(=O)NC4(C(=O)N5CCS5(=O)=O)CC4C=CCCCCCC(NC(=O)OC4(C)COC4)C(=O)N2C1)O3. The lowest BCUT2D eigenvalue weighted by Gasteiger charge is -2.38. The second-order valence-corrected chi connectivity index (χ2v) is 18.2. The van der Waals surface area contributed by atoms with Crippen LogP contribution in [-0.4, -0.2) is 114 Å². The van der Waals surface area contributed by atoms with Gasteiger partial charge >= 0.3 is 12.3 Å². The standard InChI is InChI=1S/C38H44F3N5O10S/c1-35(20-54-21-35)56-34(50)43-27-9-7-5-3-4-6-8-22-17-37(22,33(49)46-14-15-57(46,51)52)44-31(47)28-18-36(19-45(28)32(27)48)13-12-24-25-16-23(53-2)10-11-26(25)42-30(29(24)55-36)38(39,40)41/h6,8,10-11,16,22,27-28H,3-5,7,9,12-15,17-21H2,1-2H3,(H,43,50)(H,44,47). The molecule has 5 aliphatic heterocycles. The number of hydrogen-bond acceptors (Lipinski definition) is 11. The molecule has 1 saturated carbocycles. The van der Waals surface area contributed by atoms with Crippen LogP contribution < -0.4 is 20.1 Å². The van der Waals surface area contributed by atoms with E-state index in [4.69, 9.17) is 18.9 Å². The molecule has 19 heteroatoms. The largest absolute Gasteiger partial charge is 0.497 e. The van der Waals surface area contributed by atoms with Gasteiger partial charge in [-0.2, -0.15) is 13.2 Å². The molecule has 4 fully saturated rings. The molecule has 0 bridgehead atoms. The lowest BCUT2D eigenvalue weighted by Crippen LogP contribution is -2.62. The third kappa shape index (κ3) is 7.14. The summed E-state index contributed by atoms with van der Waals surface area (Å²) in [6.45, 7) is 1.64. The van der Waals surface area contributed by atoms with Gasteiger partial charge in [0.2, 0.25) is 21.8 Å². The molecule has 6 heterocycles. The highest BCUT2D eigenvalue weighted by Gasteiger charge is 2.65. The number of alkyl halides is 3. The van der Waals surface area contributed by atoms with Crippen molar-refractivity contribution in [3.63, 3.8) is 0 Å². The zero-order valence-corrected chi connectivity index (χ0v) is 32.3. The Kier molecular flexibility index (Phi) is 9.64. The van der Waals surface area contributed by atoms with Crippen LogP contribution in [0.25, 0.3) is 10.9 Å². The number of carbonyl (C=O) groups is 4. The number of pyridine rings is 1. The number of benzene rings is 1. The predicted molar refractivity (Wildman–Crippen MR) is 194 cm³/mol. The van der Waals surface area contributed by atoms with Gasteiger partial charge in [0, 0.05) is 23.3 Å². The summed E-state index contributed by atoms with van der Waals surface area (Å²) >= 11 is 0. The van der Waals surface area contributed by atoms with Gasteiger partial charge < -0.3 is 34.5 Å². The highest BCUT2D eigenvalue weighted by Crippen LogP contribution is 2.50. The molecule has 1 aromatic heterocycles. The van der Waals surface area contributed by atoms with E-state index >= 15 is 0 Å². The van der Waals surface area contributed by atoms with E-state index in [-0.39, 0.29) is 75.2 Å². The molecule has 2 N–H and O–H groups in total. The van der Waals surface area contributed by atoms with Crippen LogP contribution in [0.1, 0.15) is 69.5 Å². The minimum absolute atomic E-state index is 0.0373. The molecule has 8 rings (SSSR count). The molecule has 6 aliphatic rings. The average molecular weight is 820 g/mol. The maximum absolute atomic E-state index is 14.7. The summed E-state index contributed by atoms with van der Waals surface area (Å²) in [4.78, 5) is 61.5. The van der Waals surface area contributed by atoms with Gasteiger partial charge in [0.05, 0.1) is 44.7 Å². The number of amides is 4. The Morgan fingerprint density at radius 1 is 1.12 bits per heavy atom. The first kappa shape index (κ1) is 39.2. The van der Waals surface area contributed by atoms with Gasteiger partial charge in [-0.1, -0.05) is 25.0 Å². The molecular weight excluding hydrogens is 776 g/mol. The number of methoxy groups -OCH3 is 1. The molecule has 3 saturated heterocycles. The molecule has 1 aromatic carbocycles. The van der Waals surface area contributed by atoms with Crippen molar-refractivity contribution >= 4 is 44.7 Å². The van der Waals surface area contributed by atoms with Crippen molar-refractivity contribution < 1.29 is 59.7 Å². The second kappa shape index (κ2) is 14.0. The molecule has 2 aromatic rings. The minimum atomic E-state index is -4.93. The van der Waals surface area contributed by atoms with Gasteiger partial charge in [0.25, 0.3) is 5.91 Å². The summed E-state index contributed by atoms with van der Waals surface area (Å²) in [6, 6.07) is 1.95. The summed E-state index contributed by atoms with van der Waals surface area (Å²) in [7, 11) is -2.42. The molecule has 4 amide bonds. The van der Waals surface area contributed by atoms with Crippen molar-refractivity contribution in [2.75, 3.05) is 39.2 Å². The number of rotatable bonds is 4. The summed E-state index contributed by atoms with van der Waals surface area (Å²) in [6.07, 6.45) is 0.540. The van der Waals surface area contributed by atoms with Crippen molar-refractivity contribution in [3.05, 3.63) is 41.6 Å². The van der Waals surface area contributed by atoms with Crippen LogP contribution in [0.2, 0.25) is 0 Å². The first-order valence-corrected chi connectivity index (χ1v) is 20.8. The summed E-state index contributed by atoms with van der Waals surface area (Å²) < 4.78 is 92.5. The molecule has 57 heavy (non-hydrogen) atoms. The van der Waals surface area contributed by atoms with Gasteiger partial charge in [0.15, 0.2) is 17.0 Å². The highest BCUT2D eigenvalue weighted by molar-refractivity contribution is 7.90. The Labute approximate surface area is 326 Å². The number of allylic oxidation sites excluding steroid dienone is 1. The zero-order chi connectivity index (χ0) is 40.5. The number of aromatic nitrogens is 1. The fourth-order valence-electron chi connectivity index (χ4n) is 8.65. The minimum Gasteiger partial charge on any atom is -0.497 e. The smallest absolute Gasteiger partial charge is 0.437 e. The Balaban J connectivity index is 1.17. The van der Waals surface area contributed by atoms with Gasteiger partial charge in [-0.05, 0) is 63.6 Å². The quantitative estimate of drug-likeness (QED) is 0.432. The van der Waals surface area contributed by atoms with Crippen LogP contribution in [0.4, 0.5) is 18.0 Å². The number of carbonyl (C=O) groups excluding carboxylic acids is 4. The zero-order valence-electron chi connectivity index (χ0n) is 31.5. The predicted octanol–water partition coefficient (Wildman–Crippen LogP) is 3.38. The van der Waals surface area contributed by atoms with E-state index in [1.165, 1.54) is 24.1 Å². The van der Waals surface area contributed by atoms with Crippen molar-refractivity contribution in [2.24, 2.45) is 5.92 Å². The monoisotopic (exact) mass is 819 g/mol. The number of aryl methyl sites for hydroxylation is 1. The summed E-state index contributed by atoms with van der Waals surface area (Å²) in [5, 5.41) is 5.87. The summed E-state index contributed by atoms with van der Waals surface area (Å²) in [5.41, 5.74) is -4.94. The number of nitrogens with zero attached hydrogens (tertiary/aromatic N) is 3. The molecule has 1 aliphatic carbocycles. The first-order valence-electron chi connectivity index (χ1n) is 19.1. The highest BCUT2D eigenvalue weighted by atomic mass is 32.2.